The van der Waals surface area contributed by atoms with Crippen molar-refractivity contribution in [1.29, 1.82) is 0 Å². The molecule has 0 bridgehead atoms. The molecule has 18 heavy (non-hydrogen) atoms. The summed E-state index contributed by atoms with van der Waals surface area (Å²) in [5, 5.41) is 5.77. The molecule has 0 spiro atoms. The molecule has 3 heteroatoms. The van der Waals surface area contributed by atoms with Crippen LogP contribution < -0.4 is 5.32 Å². The van der Waals surface area contributed by atoms with Gasteiger partial charge in [0.25, 0.3) is 0 Å². The monoisotopic (exact) mass is 281 g/mol. The highest BCUT2D eigenvalue weighted by atomic mass is 35.5. The number of thiophene rings is 1. The van der Waals surface area contributed by atoms with Crippen molar-refractivity contribution in [2.24, 2.45) is 0 Å². The van der Waals surface area contributed by atoms with Crippen LogP contribution in [0.2, 0.25) is 0 Å². The van der Waals surface area contributed by atoms with Crippen LogP contribution in [-0.2, 0) is 6.42 Å². The zero-order chi connectivity index (χ0) is 12.1. The molecule has 0 aliphatic rings. The lowest BCUT2D eigenvalue weighted by molar-refractivity contribution is 0.556. The van der Waals surface area contributed by atoms with Crippen LogP contribution in [0.5, 0.6) is 0 Å². The van der Waals surface area contributed by atoms with Crippen LogP contribution in [0.15, 0.2) is 41.8 Å². The van der Waals surface area contributed by atoms with E-state index in [0.29, 0.717) is 6.04 Å². The summed E-state index contributed by atoms with van der Waals surface area (Å²) in [4.78, 5) is 1.47. The van der Waals surface area contributed by atoms with E-state index in [1.807, 2.05) is 11.3 Å². The molecule has 1 aromatic carbocycles. The van der Waals surface area contributed by atoms with E-state index in [1.54, 1.807) is 0 Å². The lowest BCUT2D eigenvalue weighted by atomic mass is 10.0. The van der Waals surface area contributed by atoms with Gasteiger partial charge in [-0.3, -0.25) is 0 Å². The van der Waals surface area contributed by atoms with Crippen molar-refractivity contribution in [3.63, 3.8) is 0 Å². The molecule has 0 aliphatic heterocycles. The molecular formula is C15H20ClNS. The summed E-state index contributed by atoms with van der Waals surface area (Å²) in [5.41, 5.74) is 2.79. The number of hydrogen-bond donors (Lipinski definition) is 1. The number of hydrogen-bond acceptors (Lipinski definition) is 2. The highest BCUT2D eigenvalue weighted by molar-refractivity contribution is 7.10. The van der Waals surface area contributed by atoms with Gasteiger partial charge in [0.15, 0.2) is 0 Å². The molecule has 1 heterocycles. The predicted molar refractivity (Wildman–Crippen MR) is 82.9 cm³/mol. The molecule has 0 amide bonds. The maximum atomic E-state index is 3.58. The van der Waals surface area contributed by atoms with Gasteiger partial charge in [0, 0.05) is 10.9 Å². The first-order chi connectivity index (χ1) is 8.31. The summed E-state index contributed by atoms with van der Waals surface area (Å²) in [6.07, 6.45) is 1.07. The molecule has 1 unspecified atom stereocenters. The zero-order valence-electron chi connectivity index (χ0n) is 10.8. The Morgan fingerprint density at radius 1 is 1.17 bits per heavy atom. The van der Waals surface area contributed by atoms with Crippen LogP contribution >= 0.6 is 23.7 Å². The number of likely N-dealkylation sites (N-methyl/N-ethyl adjacent to an activating group) is 1. The normalized spacial score (nSPS) is 11.9. The smallest absolute Gasteiger partial charge is 0.0458 e. The minimum absolute atomic E-state index is 0. The third kappa shape index (κ3) is 3.84. The van der Waals surface area contributed by atoms with Crippen molar-refractivity contribution >= 4 is 23.7 Å². The average Bonchev–Trinajstić information content (AvgIpc) is 2.76. The topological polar surface area (TPSA) is 12.0 Å². The molecule has 0 saturated heterocycles. The Morgan fingerprint density at radius 2 is 1.89 bits per heavy atom. The van der Waals surface area contributed by atoms with Gasteiger partial charge in [0.05, 0.1) is 0 Å². The highest BCUT2D eigenvalue weighted by Crippen LogP contribution is 2.26. The molecule has 0 fully saturated rings. The van der Waals surface area contributed by atoms with E-state index in [1.165, 1.54) is 16.0 Å². The number of benzene rings is 1. The fourth-order valence-electron chi connectivity index (χ4n) is 2.10. The zero-order valence-corrected chi connectivity index (χ0v) is 12.5. The Kier molecular flexibility index (Phi) is 6.41. The Hall–Kier alpha value is -0.830. The summed E-state index contributed by atoms with van der Waals surface area (Å²) in [6.45, 7) is 5.37. The predicted octanol–water partition coefficient (Wildman–Crippen LogP) is 4.37. The molecule has 1 nitrogen and oxygen atoms in total. The Labute approximate surface area is 120 Å². The molecule has 98 valence electrons. The van der Waals surface area contributed by atoms with Crippen LogP contribution in [0.4, 0.5) is 0 Å². The van der Waals surface area contributed by atoms with Crippen LogP contribution in [0.3, 0.4) is 0 Å². The minimum atomic E-state index is 0. The van der Waals surface area contributed by atoms with Crippen LogP contribution in [-0.4, -0.2) is 6.54 Å². The first-order valence-electron chi connectivity index (χ1n) is 6.12. The van der Waals surface area contributed by atoms with Crippen molar-refractivity contribution in [2.75, 3.05) is 6.54 Å². The molecule has 1 aromatic heterocycles. The van der Waals surface area contributed by atoms with Crippen LogP contribution in [0.25, 0.3) is 0 Å². The van der Waals surface area contributed by atoms with Crippen LogP contribution in [0.1, 0.15) is 29.0 Å². The third-order valence-corrected chi connectivity index (χ3v) is 4.08. The molecule has 2 aromatic rings. The Bertz CT molecular complexity index is 453. The van der Waals surface area contributed by atoms with Crippen molar-refractivity contribution in [1.82, 2.24) is 5.32 Å². The van der Waals surface area contributed by atoms with Gasteiger partial charge in [0.2, 0.25) is 0 Å². The van der Waals surface area contributed by atoms with E-state index in [9.17, 15) is 0 Å². The van der Waals surface area contributed by atoms with E-state index in [4.69, 9.17) is 0 Å². The molecule has 0 aliphatic carbocycles. The average molecular weight is 282 g/mol. The quantitative estimate of drug-likeness (QED) is 0.858. The third-order valence-electron chi connectivity index (χ3n) is 2.95. The molecule has 1 N–H and O–H groups in total. The summed E-state index contributed by atoms with van der Waals surface area (Å²) >= 11 is 1.85. The van der Waals surface area contributed by atoms with Gasteiger partial charge < -0.3 is 5.32 Å². The van der Waals surface area contributed by atoms with Gasteiger partial charge in [-0.2, -0.15) is 0 Å². The van der Waals surface area contributed by atoms with E-state index >= 15 is 0 Å². The maximum absolute atomic E-state index is 3.58. The number of nitrogens with one attached hydrogen (secondary N) is 1. The second-order valence-electron chi connectivity index (χ2n) is 4.27. The summed E-state index contributed by atoms with van der Waals surface area (Å²) in [7, 11) is 0. The standard InChI is InChI=1S/C15H19NS.ClH/c1-3-16-14(15-12(2)9-10-17-15)11-13-7-5-4-6-8-13;/h4-10,14,16H,3,11H2,1-2H3;1H. The van der Waals surface area contributed by atoms with Crippen molar-refractivity contribution in [3.8, 4) is 0 Å². The second-order valence-corrected chi connectivity index (χ2v) is 5.22. The van der Waals surface area contributed by atoms with E-state index < -0.39 is 0 Å². The number of halogens is 1. The van der Waals surface area contributed by atoms with Gasteiger partial charge >= 0.3 is 0 Å². The SMILES string of the molecule is CCNC(Cc1ccccc1)c1sccc1C.Cl. The van der Waals surface area contributed by atoms with E-state index in [-0.39, 0.29) is 12.4 Å². The molecule has 0 saturated carbocycles. The fourth-order valence-corrected chi connectivity index (χ4v) is 3.10. The fraction of sp³-hybridized carbons (Fsp3) is 0.333. The largest absolute Gasteiger partial charge is 0.309 e. The van der Waals surface area contributed by atoms with Gasteiger partial charge in [-0.05, 0) is 42.5 Å². The lowest BCUT2D eigenvalue weighted by Gasteiger charge is -2.17. The lowest BCUT2D eigenvalue weighted by Crippen LogP contribution is -2.22. The van der Waals surface area contributed by atoms with Gasteiger partial charge in [-0.1, -0.05) is 37.3 Å². The highest BCUT2D eigenvalue weighted by Gasteiger charge is 2.14. The van der Waals surface area contributed by atoms with Gasteiger partial charge in [0.1, 0.15) is 0 Å². The van der Waals surface area contributed by atoms with E-state index in [2.05, 4.69) is 60.9 Å². The summed E-state index contributed by atoms with van der Waals surface area (Å²) in [6, 6.07) is 13.3. The number of rotatable bonds is 5. The molecular weight excluding hydrogens is 262 g/mol. The maximum Gasteiger partial charge on any atom is 0.0458 e. The first kappa shape index (κ1) is 15.2. The molecule has 2 rings (SSSR count). The summed E-state index contributed by atoms with van der Waals surface area (Å²) in [5.74, 6) is 0. The second kappa shape index (κ2) is 7.57. The minimum Gasteiger partial charge on any atom is -0.309 e. The van der Waals surface area contributed by atoms with E-state index in [0.717, 1.165) is 13.0 Å². The molecule has 0 radical (unpaired) electrons. The Balaban J connectivity index is 0.00000162. The summed E-state index contributed by atoms with van der Waals surface area (Å²) < 4.78 is 0. The Morgan fingerprint density at radius 3 is 2.44 bits per heavy atom. The number of aryl methyl sites for hydroxylation is 1. The van der Waals surface area contributed by atoms with Gasteiger partial charge in [-0.15, -0.1) is 23.7 Å². The van der Waals surface area contributed by atoms with Crippen molar-refractivity contribution in [3.05, 3.63) is 57.8 Å². The van der Waals surface area contributed by atoms with Crippen LogP contribution in [0, 0.1) is 6.92 Å². The first-order valence-corrected chi connectivity index (χ1v) is 7.00. The van der Waals surface area contributed by atoms with Crippen molar-refractivity contribution < 1.29 is 0 Å². The van der Waals surface area contributed by atoms with Gasteiger partial charge in [-0.25, -0.2) is 0 Å². The molecule has 1 atom stereocenters. The van der Waals surface area contributed by atoms with Crippen molar-refractivity contribution in [2.45, 2.75) is 26.3 Å².